The van der Waals surface area contributed by atoms with Crippen LogP contribution in [0.2, 0.25) is 5.31 Å². The van der Waals surface area contributed by atoms with Crippen LogP contribution in [0.5, 0.6) is 0 Å². The van der Waals surface area contributed by atoms with Crippen molar-refractivity contribution in [3.05, 3.63) is 58.1 Å². The predicted octanol–water partition coefficient (Wildman–Crippen LogP) is 4.64. The van der Waals surface area contributed by atoms with Crippen LogP contribution in [0.3, 0.4) is 0 Å². The summed E-state index contributed by atoms with van der Waals surface area (Å²) in [5.74, 6) is 0. The van der Waals surface area contributed by atoms with Crippen LogP contribution >= 0.6 is 0 Å². The molecule has 0 saturated heterocycles. The number of hydrogen-bond donors (Lipinski definition) is 0. The standard InChI is InChI=1S/C21H29B/c1-14-12-17(4)20(18(5)13-14)22(21(6,7)8)19-15(2)10-9-11-16(19)3/h9-13H,1-8H3. The molecule has 22 heavy (non-hydrogen) atoms. The number of rotatable bonds is 2. The third-order valence-electron chi connectivity index (χ3n) is 4.72. The Hall–Kier alpha value is -1.50. The minimum Gasteiger partial charge on any atom is -0.0679 e. The van der Waals surface area contributed by atoms with Crippen molar-refractivity contribution >= 4 is 17.6 Å². The van der Waals surface area contributed by atoms with Crippen molar-refractivity contribution < 1.29 is 0 Å². The molecule has 0 atom stereocenters. The fraction of sp³-hybridized carbons (Fsp3) is 0.429. The molecule has 2 rings (SSSR count). The molecule has 0 aromatic heterocycles. The Morgan fingerprint density at radius 2 is 1.09 bits per heavy atom. The summed E-state index contributed by atoms with van der Waals surface area (Å²) in [5.41, 5.74) is 10.0. The lowest BCUT2D eigenvalue weighted by molar-refractivity contribution is 0.749. The van der Waals surface area contributed by atoms with Gasteiger partial charge in [-0.2, -0.15) is 0 Å². The smallest absolute Gasteiger partial charge is 0.0679 e. The van der Waals surface area contributed by atoms with Gasteiger partial charge in [0, 0.05) is 0 Å². The molecule has 116 valence electrons. The van der Waals surface area contributed by atoms with Crippen molar-refractivity contribution in [1.82, 2.24) is 0 Å². The van der Waals surface area contributed by atoms with E-state index in [4.69, 9.17) is 0 Å². The fourth-order valence-corrected chi connectivity index (χ4v) is 3.94. The average molecular weight is 292 g/mol. The average Bonchev–Trinajstić information content (AvgIpc) is 2.34. The van der Waals surface area contributed by atoms with E-state index < -0.39 is 0 Å². The fourth-order valence-electron chi connectivity index (χ4n) is 3.94. The molecule has 0 nitrogen and oxygen atoms in total. The molecule has 0 aliphatic heterocycles. The molecule has 0 radical (unpaired) electrons. The molecule has 2 aromatic rings. The topological polar surface area (TPSA) is 0 Å². The van der Waals surface area contributed by atoms with Crippen LogP contribution in [0.25, 0.3) is 0 Å². The summed E-state index contributed by atoms with van der Waals surface area (Å²) in [6.07, 6.45) is 0. The zero-order chi connectivity index (χ0) is 16.7. The maximum atomic E-state index is 2.36. The minimum absolute atomic E-state index is 0.182. The van der Waals surface area contributed by atoms with E-state index in [-0.39, 0.29) is 5.31 Å². The van der Waals surface area contributed by atoms with Gasteiger partial charge < -0.3 is 0 Å². The van der Waals surface area contributed by atoms with Gasteiger partial charge in [-0.25, -0.2) is 0 Å². The Morgan fingerprint density at radius 1 is 0.682 bits per heavy atom. The van der Waals surface area contributed by atoms with Gasteiger partial charge in [-0.1, -0.05) is 95.2 Å². The van der Waals surface area contributed by atoms with Gasteiger partial charge in [-0.05, 0) is 34.6 Å². The first-order valence-corrected chi connectivity index (χ1v) is 8.26. The van der Waals surface area contributed by atoms with Gasteiger partial charge in [0.25, 0.3) is 0 Å². The van der Waals surface area contributed by atoms with Crippen molar-refractivity contribution in [2.24, 2.45) is 0 Å². The molecule has 0 saturated carbocycles. The summed E-state index contributed by atoms with van der Waals surface area (Å²) < 4.78 is 0. The lowest BCUT2D eigenvalue weighted by atomic mass is 9.26. The van der Waals surface area contributed by atoms with Crippen LogP contribution in [0.15, 0.2) is 30.3 Å². The zero-order valence-corrected chi connectivity index (χ0v) is 15.5. The van der Waals surface area contributed by atoms with Gasteiger partial charge in [0.05, 0.1) is 0 Å². The Kier molecular flexibility index (Phi) is 4.56. The second kappa shape index (κ2) is 5.95. The van der Waals surface area contributed by atoms with E-state index in [1.165, 1.54) is 38.7 Å². The number of aryl methyl sites for hydroxylation is 5. The monoisotopic (exact) mass is 292 g/mol. The lowest BCUT2D eigenvalue weighted by Crippen LogP contribution is -2.53. The highest BCUT2D eigenvalue weighted by Gasteiger charge is 2.36. The van der Waals surface area contributed by atoms with Crippen molar-refractivity contribution in [3.63, 3.8) is 0 Å². The maximum absolute atomic E-state index is 2.36. The van der Waals surface area contributed by atoms with E-state index in [9.17, 15) is 0 Å². The van der Waals surface area contributed by atoms with E-state index in [1.54, 1.807) is 0 Å². The Labute approximate surface area is 137 Å². The van der Waals surface area contributed by atoms with Crippen LogP contribution in [0.1, 0.15) is 48.6 Å². The second-order valence-electron chi connectivity index (χ2n) is 7.92. The first kappa shape index (κ1) is 16.9. The third kappa shape index (κ3) is 3.14. The molecule has 0 amide bonds. The Bertz CT molecular complexity index is 646. The minimum atomic E-state index is 0.182. The predicted molar refractivity (Wildman–Crippen MR) is 101 cm³/mol. The summed E-state index contributed by atoms with van der Waals surface area (Å²) in [6.45, 7) is 18.7. The van der Waals surface area contributed by atoms with Gasteiger partial charge in [-0.3, -0.25) is 0 Å². The molecule has 0 fully saturated rings. The molecule has 2 aromatic carbocycles. The number of hydrogen-bond acceptors (Lipinski definition) is 0. The SMILES string of the molecule is Cc1cc(C)c(B(c2c(C)cccc2C)C(C)(C)C)c(C)c1. The Balaban J connectivity index is 2.79. The number of benzene rings is 2. The van der Waals surface area contributed by atoms with Gasteiger partial charge in [0.2, 0.25) is 6.71 Å². The molecule has 1 heteroatoms. The van der Waals surface area contributed by atoms with Crippen molar-refractivity contribution in [3.8, 4) is 0 Å². The van der Waals surface area contributed by atoms with Crippen LogP contribution in [0.4, 0.5) is 0 Å². The highest BCUT2D eigenvalue weighted by Crippen LogP contribution is 2.29. The van der Waals surface area contributed by atoms with Crippen molar-refractivity contribution in [2.45, 2.75) is 60.7 Å². The van der Waals surface area contributed by atoms with Crippen LogP contribution in [-0.4, -0.2) is 6.71 Å². The quantitative estimate of drug-likeness (QED) is 0.707. The molecule has 0 spiro atoms. The summed E-state index contributed by atoms with van der Waals surface area (Å²) in [5, 5.41) is 0.182. The van der Waals surface area contributed by atoms with Gasteiger partial charge in [0.15, 0.2) is 0 Å². The highest BCUT2D eigenvalue weighted by atomic mass is 14.2. The summed E-state index contributed by atoms with van der Waals surface area (Å²) in [7, 11) is 0. The maximum Gasteiger partial charge on any atom is 0.216 e. The molecule has 0 aliphatic rings. The van der Waals surface area contributed by atoms with Crippen molar-refractivity contribution in [1.29, 1.82) is 0 Å². The first-order chi connectivity index (χ1) is 10.1. The molecule has 0 unspecified atom stereocenters. The molecule has 0 aliphatic carbocycles. The molecule has 0 N–H and O–H groups in total. The van der Waals surface area contributed by atoms with Crippen molar-refractivity contribution in [2.75, 3.05) is 0 Å². The van der Waals surface area contributed by atoms with Gasteiger partial charge >= 0.3 is 0 Å². The molecular formula is C21H29B. The summed E-state index contributed by atoms with van der Waals surface area (Å²) in [6, 6.07) is 11.3. The zero-order valence-electron chi connectivity index (χ0n) is 15.5. The van der Waals surface area contributed by atoms with E-state index in [1.807, 2.05) is 0 Å². The largest absolute Gasteiger partial charge is 0.216 e. The van der Waals surface area contributed by atoms with E-state index in [0.29, 0.717) is 6.71 Å². The molecule has 0 heterocycles. The second-order valence-corrected chi connectivity index (χ2v) is 7.92. The van der Waals surface area contributed by atoms with E-state index >= 15 is 0 Å². The summed E-state index contributed by atoms with van der Waals surface area (Å²) >= 11 is 0. The third-order valence-corrected chi connectivity index (χ3v) is 4.72. The van der Waals surface area contributed by atoms with Crippen LogP contribution in [-0.2, 0) is 0 Å². The van der Waals surface area contributed by atoms with Crippen LogP contribution < -0.4 is 10.9 Å². The summed E-state index contributed by atoms with van der Waals surface area (Å²) in [4.78, 5) is 0. The van der Waals surface area contributed by atoms with E-state index in [0.717, 1.165) is 0 Å². The highest BCUT2D eigenvalue weighted by molar-refractivity contribution is 6.88. The van der Waals surface area contributed by atoms with Gasteiger partial charge in [0.1, 0.15) is 0 Å². The lowest BCUT2D eigenvalue weighted by Gasteiger charge is -2.33. The van der Waals surface area contributed by atoms with Gasteiger partial charge in [-0.15, -0.1) is 0 Å². The normalized spacial score (nSPS) is 11.6. The van der Waals surface area contributed by atoms with E-state index in [2.05, 4.69) is 85.7 Å². The Morgan fingerprint density at radius 3 is 1.50 bits per heavy atom. The van der Waals surface area contributed by atoms with Crippen LogP contribution in [0, 0.1) is 34.6 Å². The molecular weight excluding hydrogens is 263 g/mol. The molecule has 0 bridgehead atoms. The first-order valence-electron chi connectivity index (χ1n) is 8.26.